The van der Waals surface area contributed by atoms with Crippen molar-refractivity contribution >= 4 is 11.9 Å². The summed E-state index contributed by atoms with van der Waals surface area (Å²) in [6.45, 7) is 6.57. The van der Waals surface area contributed by atoms with E-state index in [2.05, 4.69) is 0 Å². The summed E-state index contributed by atoms with van der Waals surface area (Å²) in [7, 11) is 0. The number of epoxide rings is 1. The second-order valence-corrected chi connectivity index (χ2v) is 8.46. The van der Waals surface area contributed by atoms with Crippen molar-refractivity contribution in [2.45, 2.75) is 70.2 Å². The lowest BCUT2D eigenvalue weighted by atomic mass is 9.50. The minimum Gasteiger partial charge on any atom is -0.465 e. The molecule has 0 aromatic rings. The van der Waals surface area contributed by atoms with Crippen LogP contribution in [0, 0.1) is 10.8 Å². The molecule has 8 atom stereocenters. The van der Waals surface area contributed by atoms with Crippen LogP contribution >= 0.6 is 0 Å². The molecule has 150 valence electrons. The minimum absolute atomic E-state index is 0.129. The first kappa shape index (κ1) is 18.9. The first-order chi connectivity index (χ1) is 12.6. The van der Waals surface area contributed by atoms with Crippen molar-refractivity contribution in [1.82, 2.24) is 0 Å². The molecule has 8 heteroatoms. The molecule has 2 bridgehead atoms. The number of carbonyl (C=O) groups excluding carboxylic acids is 2. The Morgan fingerprint density at radius 1 is 1.30 bits per heavy atom. The molecular formula is C19H26O8. The topological polar surface area (TPSA) is 115 Å². The van der Waals surface area contributed by atoms with E-state index in [-0.39, 0.29) is 6.61 Å². The van der Waals surface area contributed by atoms with E-state index in [1.54, 1.807) is 13.0 Å². The molecule has 1 spiro atoms. The van der Waals surface area contributed by atoms with Gasteiger partial charge in [0.1, 0.15) is 30.5 Å². The molecular weight excluding hydrogens is 356 g/mol. The van der Waals surface area contributed by atoms with E-state index in [1.165, 1.54) is 13.8 Å². The molecule has 0 unspecified atom stereocenters. The van der Waals surface area contributed by atoms with Crippen molar-refractivity contribution in [3.05, 3.63) is 11.6 Å². The van der Waals surface area contributed by atoms with Crippen LogP contribution in [0.2, 0.25) is 0 Å². The van der Waals surface area contributed by atoms with Crippen molar-refractivity contribution < 1.29 is 38.7 Å². The van der Waals surface area contributed by atoms with Crippen LogP contribution in [0.25, 0.3) is 0 Å². The van der Waals surface area contributed by atoms with Crippen LogP contribution in [-0.4, -0.2) is 71.5 Å². The van der Waals surface area contributed by atoms with Gasteiger partial charge >= 0.3 is 11.9 Å². The van der Waals surface area contributed by atoms with Gasteiger partial charge in [-0.15, -0.1) is 0 Å². The molecule has 4 aliphatic rings. The Morgan fingerprint density at radius 2 is 1.96 bits per heavy atom. The highest BCUT2D eigenvalue weighted by Crippen LogP contribution is 2.71. The zero-order chi connectivity index (χ0) is 19.8. The summed E-state index contributed by atoms with van der Waals surface area (Å²) in [5.41, 5.74) is -2.02. The van der Waals surface area contributed by atoms with Crippen molar-refractivity contribution in [3.63, 3.8) is 0 Å². The van der Waals surface area contributed by atoms with Crippen LogP contribution in [-0.2, 0) is 28.5 Å². The van der Waals surface area contributed by atoms with Crippen LogP contribution in [0.4, 0.5) is 0 Å². The number of hydrogen-bond donors (Lipinski definition) is 2. The van der Waals surface area contributed by atoms with Crippen molar-refractivity contribution in [3.8, 4) is 0 Å². The highest BCUT2D eigenvalue weighted by atomic mass is 16.7. The van der Waals surface area contributed by atoms with Crippen molar-refractivity contribution in [2.24, 2.45) is 10.8 Å². The van der Waals surface area contributed by atoms with Gasteiger partial charge in [0.15, 0.2) is 0 Å². The number of aliphatic hydroxyl groups excluding tert-OH is 2. The normalized spacial score (nSPS) is 50.0. The van der Waals surface area contributed by atoms with Crippen LogP contribution in [0.3, 0.4) is 0 Å². The number of esters is 2. The third-order valence-corrected chi connectivity index (χ3v) is 7.16. The fourth-order valence-corrected chi connectivity index (χ4v) is 5.65. The van der Waals surface area contributed by atoms with Gasteiger partial charge < -0.3 is 29.2 Å². The van der Waals surface area contributed by atoms with Gasteiger partial charge in [0.2, 0.25) is 0 Å². The summed E-state index contributed by atoms with van der Waals surface area (Å²) < 4.78 is 23.1. The summed E-state index contributed by atoms with van der Waals surface area (Å²) in [4.78, 5) is 23.2. The van der Waals surface area contributed by atoms with Crippen LogP contribution < -0.4 is 0 Å². The van der Waals surface area contributed by atoms with E-state index in [1.807, 2.05) is 6.92 Å². The Balaban J connectivity index is 1.85. The Labute approximate surface area is 157 Å². The van der Waals surface area contributed by atoms with E-state index >= 15 is 0 Å². The molecule has 2 saturated heterocycles. The molecule has 27 heavy (non-hydrogen) atoms. The minimum atomic E-state index is -1.23. The second kappa shape index (κ2) is 5.76. The van der Waals surface area contributed by atoms with Crippen LogP contribution in [0.15, 0.2) is 11.6 Å². The van der Waals surface area contributed by atoms with E-state index in [0.717, 1.165) is 0 Å². The van der Waals surface area contributed by atoms with Gasteiger partial charge in [0.05, 0.1) is 24.2 Å². The van der Waals surface area contributed by atoms with E-state index in [9.17, 15) is 19.8 Å². The summed E-state index contributed by atoms with van der Waals surface area (Å²) in [5, 5.41) is 21.8. The van der Waals surface area contributed by atoms with Gasteiger partial charge in [0.25, 0.3) is 0 Å². The fourth-order valence-electron chi connectivity index (χ4n) is 5.65. The molecule has 2 heterocycles. The molecule has 0 aromatic carbocycles. The summed E-state index contributed by atoms with van der Waals surface area (Å²) >= 11 is 0. The summed E-state index contributed by atoms with van der Waals surface area (Å²) in [5.74, 6) is -0.901. The molecule has 3 fully saturated rings. The monoisotopic (exact) mass is 382 g/mol. The molecule has 0 amide bonds. The number of aliphatic hydroxyl groups is 2. The Hall–Kier alpha value is -1.48. The van der Waals surface area contributed by atoms with Crippen molar-refractivity contribution in [1.29, 1.82) is 0 Å². The third-order valence-electron chi connectivity index (χ3n) is 7.16. The number of rotatable bonds is 3. The lowest BCUT2D eigenvalue weighted by Gasteiger charge is -2.59. The molecule has 1 saturated carbocycles. The maximum absolute atomic E-state index is 11.6. The largest absolute Gasteiger partial charge is 0.465 e. The predicted molar refractivity (Wildman–Crippen MR) is 90.5 cm³/mol. The quantitative estimate of drug-likeness (QED) is 0.401. The van der Waals surface area contributed by atoms with E-state index in [4.69, 9.17) is 18.9 Å². The molecule has 8 nitrogen and oxygen atoms in total. The SMILES string of the molecule is CC(=O)OC[C@]12[C@H](O)[C@H](O)C(C)=C[C@H]1O[C@@H]1[C@H](OC(C)=O)C[C@@]2(C)[C@]12CO2. The highest BCUT2D eigenvalue weighted by Gasteiger charge is 2.84. The average molecular weight is 382 g/mol. The smallest absolute Gasteiger partial charge is 0.302 e. The highest BCUT2D eigenvalue weighted by molar-refractivity contribution is 5.66. The summed E-state index contributed by atoms with van der Waals surface area (Å²) in [6.07, 6.45) is -1.81. The van der Waals surface area contributed by atoms with Gasteiger partial charge in [-0.25, -0.2) is 0 Å². The maximum Gasteiger partial charge on any atom is 0.302 e. The Morgan fingerprint density at radius 3 is 2.52 bits per heavy atom. The van der Waals surface area contributed by atoms with Crippen molar-refractivity contribution in [2.75, 3.05) is 13.2 Å². The van der Waals surface area contributed by atoms with Gasteiger partial charge in [-0.2, -0.15) is 0 Å². The number of hydrogen-bond acceptors (Lipinski definition) is 8. The molecule has 0 radical (unpaired) electrons. The van der Waals surface area contributed by atoms with Gasteiger partial charge in [-0.3, -0.25) is 9.59 Å². The van der Waals surface area contributed by atoms with Crippen LogP contribution in [0.1, 0.15) is 34.1 Å². The zero-order valence-corrected chi connectivity index (χ0v) is 15.9. The van der Waals surface area contributed by atoms with E-state index < -0.39 is 58.9 Å². The Bertz CT molecular complexity index is 712. The lowest BCUT2D eigenvalue weighted by Crippen LogP contribution is -2.71. The van der Waals surface area contributed by atoms with E-state index in [0.29, 0.717) is 18.6 Å². The van der Waals surface area contributed by atoms with Gasteiger partial charge in [-0.05, 0) is 18.9 Å². The summed E-state index contributed by atoms with van der Waals surface area (Å²) in [6, 6.07) is 0. The first-order valence-corrected chi connectivity index (χ1v) is 9.23. The second-order valence-electron chi connectivity index (χ2n) is 8.46. The van der Waals surface area contributed by atoms with Gasteiger partial charge in [0, 0.05) is 19.3 Å². The molecule has 2 aliphatic heterocycles. The number of carbonyl (C=O) groups is 2. The van der Waals surface area contributed by atoms with Gasteiger partial charge in [-0.1, -0.05) is 13.0 Å². The first-order valence-electron chi connectivity index (χ1n) is 9.23. The maximum atomic E-state index is 11.6. The van der Waals surface area contributed by atoms with Crippen LogP contribution in [0.5, 0.6) is 0 Å². The average Bonchev–Trinajstić information content (AvgIpc) is 3.34. The molecule has 2 N–H and O–H groups in total. The number of ether oxygens (including phenoxy) is 4. The lowest BCUT2D eigenvalue weighted by molar-refractivity contribution is -0.264. The third kappa shape index (κ3) is 2.24. The zero-order valence-electron chi connectivity index (χ0n) is 15.9. The standard InChI is InChI=1S/C19H26O8/c1-9-5-13-18(7-24-10(2)20,15(23)14(9)22)17(4)6-12(26-11(3)21)16(27-13)19(17)8-25-19/h5,12-16,22-23H,6-8H2,1-4H3/t12-,13-,14-,15-,16-,17-,18-,19+/m1/s1. The molecule has 2 aliphatic carbocycles. The molecule has 0 aromatic heterocycles. The Kier molecular flexibility index (Phi) is 4.03. The fraction of sp³-hybridized carbons (Fsp3) is 0.789. The molecule has 4 rings (SSSR count). The number of fused-ring (bicyclic) bond motifs is 2. The predicted octanol–water partition coefficient (Wildman–Crippen LogP) is 0.0957.